The van der Waals surface area contributed by atoms with Gasteiger partial charge in [0, 0.05) is 44.2 Å². The predicted molar refractivity (Wildman–Crippen MR) is 127 cm³/mol. The minimum absolute atomic E-state index is 0.0920. The molecule has 0 aromatic heterocycles. The summed E-state index contributed by atoms with van der Waals surface area (Å²) in [4.78, 5) is 29.9. The Morgan fingerprint density at radius 1 is 1.19 bits per heavy atom. The molecule has 6 heteroatoms. The van der Waals surface area contributed by atoms with Gasteiger partial charge >= 0.3 is 0 Å². The molecular weight excluding hydrogens is 402 g/mol. The van der Waals surface area contributed by atoms with Crippen molar-refractivity contribution in [2.45, 2.75) is 53.1 Å². The molecule has 0 saturated carbocycles. The van der Waals surface area contributed by atoms with Gasteiger partial charge in [0.2, 0.25) is 11.8 Å². The van der Waals surface area contributed by atoms with Gasteiger partial charge in [-0.25, -0.2) is 0 Å². The van der Waals surface area contributed by atoms with E-state index >= 15 is 0 Å². The molecule has 1 aromatic rings. The lowest BCUT2D eigenvalue weighted by molar-refractivity contribution is -0.135. The highest BCUT2D eigenvalue weighted by Gasteiger charge is 2.32. The number of fused-ring (bicyclic) bond motifs is 3. The number of para-hydroxylation sites is 1. The van der Waals surface area contributed by atoms with Crippen LogP contribution in [0.2, 0.25) is 0 Å². The fourth-order valence-electron chi connectivity index (χ4n) is 4.72. The van der Waals surface area contributed by atoms with Crippen molar-refractivity contribution in [3.63, 3.8) is 0 Å². The minimum Gasteiger partial charge on any atom is -0.489 e. The van der Waals surface area contributed by atoms with E-state index in [1.807, 2.05) is 43.0 Å². The van der Waals surface area contributed by atoms with Crippen molar-refractivity contribution in [3.8, 4) is 5.75 Å². The number of ether oxygens (including phenoxy) is 1. The van der Waals surface area contributed by atoms with Crippen LogP contribution in [0.5, 0.6) is 5.75 Å². The van der Waals surface area contributed by atoms with Crippen molar-refractivity contribution in [1.82, 2.24) is 15.1 Å². The fraction of sp³-hybridized carbons (Fsp3) is 0.615. The molecule has 2 aliphatic rings. The number of hydrogen-bond acceptors (Lipinski definition) is 4. The Bertz CT molecular complexity index is 805. The average Bonchev–Trinajstić information content (AvgIpc) is 2.72. The summed E-state index contributed by atoms with van der Waals surface area (Å²) in [7, 11) is 0. The largest absolute Gasteiger partial charge is 0.489 e. The highest BCUT2D eigenvalue weighted by atomic mass is 16.5. The van der Waals surface area contributed by atoms with Crippen LogP contribution in [0.4, 0.5) is 0 Å². The van der Waals surface area contributed by atoms with Crippen molar-refractivity contribution < 1.29 is 14.3 Å². The van der Waals surface area contributed by atoms with Gasteiger partial charge < -0.3 is 15.0 Å². The zero-order chi connectivity index (χ0) is 23.1. The second-order valence-corrected chi connectivity index (χ2v) is 9.89. The third-order valence-corrected chi connectivity index (χ3v) is 6.12. The number of carbonyl (C=O) groups excluding carboxylic acids is 2. The van der Waals surface area contributed by atoms with Crippen LogP contribution in [0.15, 0.2) is 36.4 Å². The molecule has 32 heavy (non-hydrogen) atoms. The van der Waals surface area contributed by atoms with E-state index in [-0.39, 0.29) is 29.7 Å². The zero-order valence-electron chi connectivity index (χ0n) is 20.0. The molecule has 2 amide bonds. The SMILES string of the molecule is CC(C)CN1CC(=O)N2CC[C@@H](CC(=O)NC(C)C)[C@@H](C=CCOc3ccccc3C1)C2. The van der Waals surface area contributed by atoms with E-state index < -0.39 is 0 Å². The van der Waals surface area contributed by atoms with E-state index in [1.165, 1.54) is 0 Å². The number of carbonyl (C=O) groups is 2. The smallest absolute Gasteiger partial charge is 0.236 e. The van der Waals surface area contributed by atoms with Crippen LogP contribution in [-0.2, 0) is 16.1 Å². The molecule has 0 spiro atoms. The van der Waals surface area contributed by atoms with E-state index in [4.69, 9.17) is 4.74 Å². The summed E-state index contributed by atoms with van der Waals surface area (Å²) < 4.78 is 6.10. The number of nitrogens with one attached hydrogen (secondary N) is 1. The lowest BCUT2D eigenvalue weighted by atomic mass is 9.82. The molecule has 3 rings (SSSR count). The molecule has 2 aliphatic heterocycles. The number of rotatable bonds is 5. The van der Waals surface area contributed by atoms with Crippen LogP contribution in [0.25, 0.3) is 0 Å². The van der Waals surface area contributed by atoms with Crippen LogP contribution in [0, 0.1) is 17.8 Å². The number of piperidine rings is 1. The first-order valence-electron chi connectivity index (χ1n) is 12.0. The molecule has 2 bridgehead atoms. The minimum atomic E-state index is 0.0920. The van der Waals surface area contributed by atoms with E-state index in [2.05, 4.69) is 36.2 Å². The molecule has 1 N–H and O–H groups in total. The first-order valence-corrected chi connectivity index (χ1v) is 12.0. The molecule has 1 saturated heterocycles. The van der Waals surface area contributed by atoms with Gasteiger partial charge in [-0.3, -0.25) is 14.5 Å². The van der Waals surface area contributed by atoms with Crippen molar-refractivity contribution >= 4 is 11.8 Å². The third-order valence-electron chi connectivity index (χ3n) is 6.12. The van der Waals surface area contributed by atoms with Crippen LogP contribution in [0.1, 0.15) is 46.1 Å². The van der Waals surface area contributed by atoms with Crippen molar-refractivity contribution in [3.05, 3.63) is 42.0 Å². The molecule has 0 unspecified atom stereocenters. The summed E-state index contributed by atoms with van der Waals surface area (Å²) in [6, 6.07) is 8.23. The maximum absolute atomic E-state index is 13.3. The quantitative estimate of drug-likeness (QED) is 0.711. The van der Waals surface area contributed by atoms with Gasteiger partial charge in [-0.1, -0.05) is 44.2 Å². The molecular formula is C26H39N3O3. The van der Waals surface area contributed by atoms with Crippen molar-refractivity contribution in [2.24, 2.45) is 17.8 Å². The number of nitrogens with zero attached hydrogens (tertiary/aromatic N) is 2. The van der Waals surface area contributed by atoms with Gasteiger partial charge in [0.15, 0.2) is 0 Å². The summed E-state index contributed by atoms with van der Waals surface area (Å²) in [6.45, 7) is 12.1. The summed E-state index contributed by atoms with van der Waals surface area (Å²) in [5.74, 6) is 1.99. The first-order chi connectivity index (χ1) is 15.3. The Labute approximate surface area is 193 Å². The molecule has 2 heterocycles. The lowest BCUT2D eigenvalue weighted by Crippen LogP contribution is -2.48. The van der Waals surface area contributed by atoms with E-state index in [9.17, 15) is 9.59 Å². The number of hydrogen-bond donors (Lipinski definition) is 1. The second kappa shape index (κ2) is 11.5. The maximum atomic E-state index is 13.3. The van der Waals surface area contributed by atoms with Crippen LogP contribution < -0.4 is 10.1 Å². The van der Waals surface area contributed by atoms with E-state index in [0.717, 1.165) is 24.3 Å². The molecule has 1 fully saturated rings. The highest BCUT2D eigenvalue weighted by Crippen LogP contribution is 2.29. The standard InChI is InChI=1S/C26H39N3O3/c1-19(2)15-28-16-23-8-5-6-10-24(23)32-13-7-9-22-17-29(26(31)18-28)12-11-21(22)14-25(30)27-20(3)4/h5-10,19-22H,11-18H2,1-4H3,(H,27,30)/t21-,22-/m0/s1. The number of benzene rings is 1. The van der Waals surface area contributed by atoms with Gasteiger partial charge in [0.1, 0.15) is 12.4 Å². The Kier molecular flexibility index (Phi) is 8.74. The second-order valence-electron chi connectivity index (χ2n) is 9.89. The third kappa shape index (κ3) is 7.09. The summed E-state index contributed by atoms with van der Waals surface area (Å²) in [6.07, 6.45) is 5.54. The molecule has 6 nitrogen and oxygen atoms in total. The first kappa shape index (κ1) is 24.3. The Balaban J connectivity index is 1.80. The molecule has 0 aliphatic carbocycles. The number of amides is 2. The monoisotopic (exact) mass is 441 g/mol. The predicted octanol–water partition coefficient (Wildman–Crippen LogP) is 3.47. The normalized spacial score (nSPS) is 22.6. The Hall–Kier alpha value is -2.34. The fourth-order valence-corrected chi connectivity index (χ4v) is 4.72. The average molecular weight is 442 g/mol. The molecule has 176 valence electrons. The summed E-state index contributed by atoms with van der Waals surface area (Å²) in [5, 5.41) is 3.01. The molecule has 2 atom stereocenters. The van der Waals surface area contributed by atoms with Gasteiger partial charge in [-0.05, 0) is 44.1 Å². The molecule has 0 radical (unpaired) electrons. The van der Waals surface area contributed by atoms with Gasteiger partial charge in [-0.2, -0.15) is 0 Å². The maximum Gasteiger partial charge on any atom is 0.236 e. The lowest BCUT2D eigenvalue weighted by Gasteiger charge is -2.38. The van der Waals surface area contributed by atoms with E-state index in [0.29, 0.717) is 45.1 Å². The summed E-state index contributed by atoms with van der Waals surface area (Å²) >= 11 is 0. The Morgan fingerprint density at radius 3 is 2.72 bits per heavy atom. The van der Waals surface area contributed by atoms with Gasteiger partial charge in [-0.15, -0.1) is 0 Å². The zero-order valence-corrected chi connectivity index (χ0v) is 20.0. The van der Waals surface area contributed by atoms with E-state index in [1.54, 1.807) is 0 Å². The Morgan fingerprint density at radius 2 is 1.97 bits per heavy atom. The van der Waals surface area contributed by atoms with Crippen LogP contribution in [0.3, 0.4) is 0 Å². The van der Waals surface area contributed by atoms with Crippen molar-refractivity contribution in [2.75, 3.05) is 32.8 Å². The van der Waals surface area contributed by atoms with Gasteiger partial charge in [0.25, 0.3) is 0 Å². The van der Waals surface area contributed by atoms with Crippen LogP contribution >= 0.6 is 0 Å². The molecule has 1 aromatic carbocycles. The summed E-state index contributed by atoms with van der Waals surface area (Å²) in [5.41, 5.74) is 1.11. The van der Waals surface area contributed by atoms with Gasteiger partial charge in [0.05, 0.1) is 6.54 Å². The highest BCUT2D eigenvalue weighted by molar-refractivity contribution is 5.79. The topological polar surface area (TPSA) is 61.9 Å². The van der Waals surface area contributed by atoms with Crippen molar-refractivity contribution in [1.29, 1.82) is 0 Å². The van der Waals surface area contributed by atoms with Crippen LogP contribution in [-0.4, -0.2) is 60.4 Å².